The highest BCUT2D eigenvalue weighted by Gasteiger charge is 2.08. The maximum atomic E-state index is 11.9. The molecule has 0 saturated carbocycles. The second kappa shape index (κ2) is 7.22. The molecule has 96 valence electrons. The monoisotopic (exact) mass is 244 g/mol. The zero-order valence-electron chi connectivity index (χ0n) is 9.90. The molecular formula is C13H18F2O2. The van der Waals surface area contributed by atoms with Crippen LogP contribution < -0.4 is 4.74 Å². The Morgan fingerprint density at radius 2 is 1.82 bits per heavy atom. The van der Waals surface area contributed by atoms with E-state index in [9.17, 15) is 13.9 Å². The molecule has 1 aromatic carbocycles. The Balaban J connectivity index is 2.48. The second-order valence-corrected chi connectivity index (χ2v) is 3.96. The first-order chi connectivity index (χ1) is 8.13. The van der Waals surface area contributed by atoms with Gasteiger partial charge in [-0.25, -0.2) is 0 Å². The van der Waals surface area contributed by atoms with Crippen LogP contribution in [0.2, 0.25) is 0 Å². The quantitative estimate of drug-likeness (QED) is 0.737. The van der Waals surface area contributed by atoms with Crippen LogP contribution in [0.15, 0.2) is 24.3 Å². The molecule has 0 saturated heterocycles. The Kier molecular flexibility index (Phi) is 5.91. The van der Waals surface area contributed by atoms with Crippen molar-refractivity contribution in [2.75, 3.05) is 0 Å². The lowest BCUT2D eigenvalue weighted by Gasteiger charge is -2.11. The molecule has 0 aliphatic rings. The van der Waals surface area contributed by atoms with E-state index in [2.05, 4.69) is 11.7 Å². The van der Waals surface area contributed by atoms with Crippen LogP contribution in [0.25, 0.3) is 0 Å². The number of unbranched alkanes of at least 4 members (excludes halogenated alkanes) is 2. The molecule has 0 aromatic heterocycles. The van der Waals surface area contributed by atoms with Crippen LogP contribution in [0.3, 0.4) is 0 Å². The summed E-state index contributed by atoms with van der Waals surface area (Å²) in [7, 11) is 0. The van der Waals surface area contributed by atoms with Crippen LogP contribution in [0.5, 0.6) is 5.75 Å². The van der Waals surface area contributed by atoms with E-state index in [1.165, 1.54) is 12.1 Å². The first kappa shape index (κ1) is 13.9. The van der Waals surface area contributed by atoms with Crippen molar-refractivity contribution < 1.29 is 18.6 Å². The molecule has 2 nitrogen and oxygen atoms in total. The SMILES string of the molecule is CCCCCC(O)c1ccc(OC(F)F)cc1. The molecule has 0 fully saturated rings. The van der Waals surface area contributed by atoms with Crippen LogP contribution in [0.4, 0.5) is 8.78 Å². The summed E-state index contributed by atoms with van der Waals surface area (Å²) in [6, 6.07) is 6.14. The summed E-state index contributed by atoms with van der Waals surface area (Å²) >= 11 is 0. The van der Waals surface area contributed by atoms with Crippen molar-refractivity contribution in [1.82, 2.24) is 0 Å². The fourth-order valence-corrected chi connectivity index (χ4v) is 1.63. The minimum Gasteiger partial charge on any atom is -0.435 e. The van der Waals surface area contributed by atoms with Gasteiger partial charge in [0, 0.05) is 0 Å². The van der Waals surface area contributed by atoms with E-state index in [0.717, 1.165) is 24.8 Å². The van der Waals surface area contributed by atoms with Crippen molar-refractivity contribution in [2.24, 2.45) is 0 Å². The molecule has 1 unspecified atom stereocenters. The third kappa shape index (κ3) is 5.13. The van der Waals surface area contributed by atoms with Gasteiger partial charge >= 0.3 is 6.61 Å². The number of aliphatic hydroxyl groups is 1. The van der Waals surface area contributed by atoms with Crippen molar-refractivity contribution in [1.29, 1.82) is 0 Å². The van der Waals surface area contributed by atoms with Crippen molar-refractivity contribution in [3.05, 3.63) is 29.8 Å². The van der Waals surface area contributed by atoms with Crippen molar-refractivity contribution in [3.8, 4) is 5.75 Å². The minimum absolute atomic E-state index is 0.115. The third-order valence-corrected chi connectivity index (χ3v) is 2.57. The van der Waals surface area contributed by atoms with Gasteiger partial charge in [-0.3, -0.25) is 0 Å². The summed E-state index contributed by atoms with van der Waals surface area (Å²) in [4.78, 5) is 0. The molecule has 0 amide bonds. The molecule has 1 aromatic rings. The van der Waals surface area contributed by atoms with Gasteiger partial charge in [-0.15, -0.1) is 0 Å². The third-order valence-electron chi connectivity index (χ3n) is 2.57. The predicted octanol–water partition coefficient (Wildman–Crippen LogP) is 3.90. The van der Waals surface area contributed by atoms with E-state index >= 15 is 0 Å². The zero-order valence-corrected chi connectivity index (χ0v) is 9.90. The van der Waals surface area contributed by atoms with E-state index < -0.39 is 12.7 Å². The number of halogens is 2. The van der Waals surface area contributed by atoms with Gasteiger partial charge in [0.05, 0.1) is 6.10 Å². The Hall–Kier alpha value is -1.16. The molecular weight excluding hydrogens is 226 g/mol. The van der Waals surface area contributed by atoms with Gasteiger partial charge in [0.25, 0.3) is 0 Å². The number of hydrogen-bond acceptors (Lipinski definition) is 2. The van der Waals surface area contributed by atoms with Crippen LogP contribution in [0.1, 0.15) is 44.3 Å². The topological polar surface area (TPSA) is 29.5 Å². The van der Waals surface area contributed by atoms with Crippen molar-refractivity contribution >= 4 is 0 Å². The smallest absolute Gasteiger partial charge is 0.387 e. The van der Waals surface area contributed by atoms with Gasteiger partial charge in [0.15, 0.2) is 0 Å². The number of rotatable bonds is 7. The maximum Gasteiger partial charge on any atom is 0.387 e. The summed E-state index contributed by atoms with van der Waals surface area (Å²) in [5.41, 5.74) is 0.739. The van der Waals surface area contributed by atoms with E-state index in [-0.39, 0.29) is 5.75 Å². The second-order valence-electron chi connectivity index (χ2n) is 3.96. The molecule has 0 bridgehead atoms. The molecule has 17 heavy (non-hydrogen) atoms. The lowest BCUT2D eigenvalue weighted by Crippen LogP contribution is -2.02. The summed E-state index contributed by atoms with van der Waals surface area (Å²) in [5, 5.41) is 9.83. The molecule has 0 radical (unpaired) electrons. The Morgan fingerprint density at radius 1 is 1.18 bits per heavy atom. The molecule has 4 heteroatoms. The predicted molar refractivity (Wildman–Crippen MR) is 62.2 cm³/mol. The van der Waals surface area contributed by atoms with Crippen LogP contribution in [-0.4, -0.2) is 11.7 Å². The van der Waals surface area contributed by atoms with Gasteiger partial charge in [0.1, 0.15) is 5.75 Å². The fraction of sp³-hybridized carbons (Fsp3) is 0.538. The molecule has 1 atom stereocenters. The minimum atomic E-state index is -2.81. The molecule has 0 aliphatic heterocycles. The molecule has 1 N–H and O–H groups in total. The number of aliphatic hydroxyl groups excluding tert-OH is 1. The average Bonchev–Trinajstić information content (AvgIpc) is 2.29. The first-order valence-corrected chi connectivity index (χ1v) is 5.86. The Bertz CT molecular complexity index is 312. The van der Waals surface area contributed by atoms with Crippen LogP contribution >= 0.6 is 0 Å². The summed E-state index contributed by atoms with van der Waals surface area (Å²) in [6.45, 7) is -0.710. The summed E-state index contributed by atoms with van der Waals surface area (Å²) in [6.07, 6.45) is 3.33. The standard InChI is InChI=1S/C13H18F2O2/c1-2-3-4-5-12(16)10-6-8-11(9-7-10)17-13(14)15/h6-9,12-13,16H,2-5H2,1H3. The van der Waals surface area contributed by atoms with Gasteiger partial charge in [-0.1, -0.05) is 38.3 Å². The fourth-order valence-electron chi connectivity index (χ4n) is 1.63. The van der Waals surface area contributed by atoms with Crippen LogP contribution in [0, 0.1) is 0 Å². The highest BCUT2D eigenvalue weighted by Crippen LogP contribution is 2.22. The molecule has 0 spiro atoms. The first-order valence-electron chi connectivity index (χ1n) is 5.86. The number of benzene rings is 1. The Labute approximate surface area is 100 Å². The normalized spacial score (nSPS) is 12.8. The molecule has 0 aliphatic carbocycles. The zero-order chi connectivity index (χ0) is 12.7. The van der Waals surface area contributed by atoms with Gasteiger partial charge < -0.3 is 9.84 Å². The maximum absolute atomic E-state index is 11.9. The number of hydrogen-bond donors (Lipinski definition) is 1. The van der Waals surface area contributed by atoms with E-state index in [1.54, 1.807) is 12.1 Å². The van der Waals surface area contributed by atoms with E-state index in [0.29, 0.717) is 6.42 Å². The number of ether oxygens (including phenoxy) is 1. The summed E-state index contributed by atoms with van der Waals surface area (Å²) in [5.74, 6) is 0.115. The van der Waals surface area contributed by atoms with Crippen molar-refractivity contribution in [3.63, 3.8) is 0 Å². The lowest BCUT2D eigenvalue weighted by molar-refractivity contribution is -0.0498. The van der Waals surface area contributed by atoms with Crippen LogP contribution in [-0.2, 0) is 0 Å². The van der Waals surface area contributed by atoms with Gasteiger partial charge in [-0.2, -0.15) is 8.78 Å². The largest absolute Gasteiger partial charge is 0.435 e. The molecule has 0 heterocycles. The highest BCUT2D eigenvalue weighted by atomic mass is 19.3. The summed E-state index contributed by atoms with van der Waals surface area (Å²) < 4.78 is 28.1. The van der Waals surface area contributed by atoms with Gasteiger partial charge in [0.2, 0.25) is 0 Å². The molecule has 1 rings (SSSR count). The van der Waals surface area contributed by atoms with Crippen molar-refractivity contribution in [2.45, 2.75) is 45.3 Å². The lowest BCUT2D eigenvalue weighted by atomic mass is 10.0. The van der Waals surface area contributed by atoms with E-state index in [1.807, 2.05) is 0 Å². The van der Waals surface area contributed by atoms with Gasteiger partial charge in [-0.05, 0) is 24.1 Å². The van der Waals surface area contributed by atoms with E-state index in [4.69, 9.17) is 0 Å². The Morgan fingerprint density at radius 3 is 2.35 bits per heavy atom. The average molecular weight is 244 g/mol. The highest BCUT2D eigenvalue weighted by molar-refractivity contribution is 5.28. The number of alkyl halides is 2.